The van der Waals surface area contributed by atoms with E-state index < -0.39 is 11.9 Å². The first kappa shape index (κ1) is 11.6. The van der Waals surface area contributed by atoms with Gasteiger partial charge in [-0.15, -0.1) is 0 Å². The highest BCUT2D eigenvalue weighted by atomic mass is 16.4. The SMILES string of the molecule is N#CCC(=O)Nc1cc2nc[nH]c2cc1C(=O)O. The Morgan fingerprint density at radius 2 is 2.28 bits per heavy atom. The number of aromatic nitrogens is 2. The molecule has 1 heterocycles. The minimum Gasteiger partial charge on any atom is -0.478 e. The molecule has 0 spiro atoms. The molecule has 2 rings (SSSR count). The number of anilines is 1. The van der Waals surface area contributed by atoms with Crippen molar-refractivity contribution in [3.8, 4) is 6.07 Å². The van der Waals surface area contributed by atoms with Gasteiger partial charge < -0.3 is 15.4 Å². The van der Waals surface area contributed by atoms with Crippen molar-refractivity contribution in [2.75, 3.05) is 5.32 Å². The van der Waals surface area contributed by atoms with Crippen LogP contribution in [0.25, 0.3) is 11.0 Å². The first-order valence-corrected chi connectivity index (χ1v) is 4.99. The van der Waals surface area contributed by atoms with Gasteiger partial charge in [-0.05, 0) is 12.1 Å². The minimum atomic E-state index is -1.17. The zero-order chi connectivity index (χ0) is 13.1. The van der Waals surface area contributed by atoms with Crippen LogP contribution in [-0.2, 0) is 4.79 Å². The lowest BCUT2D eigenvalue weighted by molar-refractivity contribution is -0.115. The predicted octanol–water partition coefficient (Wildman–Crippen LogP) is 1.11. The summed E-state index contributed by atoms with van der Waals surface area (Å²) in [5.74, 6) is -1.73. The van der Waals surface area contributed by atoms with Gasteiger partial charge >= 0.3 is 5.97 Å². The summed E-state index contributed by atoms with van der Waals surface area (Å²) in [6.07, 6.45) is 1.09. The largest absolute Gasteiger partial charge is 0.478 e. The average molecular weight is 244 g/mol. The molecular formula is C11H8N4O3. The molecule has 2 aromatic rings. The van der Waals surface area contributed by atoms with Crippen LogP contribution in [0.15, 0.2) is 18.5 Å². The summed E-state index contributed by atoms with van der Waals surface area (Å²) < 4.78 is 0. The van der Waals surface area contributed by atoms with Gasteiger partial charge in [-0.1, -0.05) is 0 Å². The molecule has 0 saturated carbocycles. The van der Waals surface area contributed by atoms with Crippen molar-refractivity contribution in [3.63, 3.8) is 0 Å². The molecule has 0 radical (unpaired) electrons. The maximum Gasteiger partial charge on any atom is 0.337 e. The van der Waals surface area contributed by atoms with E-state index in [0.717, 1.165) is 0 Å². The van der Waals surface area contributed by atoms with E-state index in [1.807, 2.05) is 0 Å². The van der Waals surface area contributed by atoms with Gasteiger partial charge in [-0.25, -0.2) is 9.78 Å². The quantitative estimate of drug-likeness (QED) is 0.747. The van der Waals surface area contributed by atoms with Crippen molar-refractivity contribution in [2.24, 2.45) is 0 Å². The molecule has 1 aromatic heterocycles. The fraction of sp³-hybridized carbons (Fsp3) is 0.0909. The Bertz CT molecular complexity index is 668. The number of aromatic amines is 1. The third-order valence-corrected chi connectivity index (χ3v) is 2.30. The normalized spacial score (nSPS) is 9.94. The van der Waals surface area contributed by atoms with E-state index in [9.17, 15) is 9.59 Å². The van der Waals surface area contributed by atoms with E-state index >= 15 is 0 Å². The Morgan fingerprint density at radius 1 is 1.50 bits per heavy atom. The van der Waals surface area contributed by atoms with E-state index in [1.165, 1.54) is 18.5 Å². The lowest BCUT2D eigenvalue weighted by atomic mass is 10.1. The van der Waals surface area contributed by atoms with Gasteiger partial charge in [0.1, 0.15) is 6.42 Å². The predicted molar refractivity (Wildman–Crippen MR) is 61.9 cm³/mol. The summed E-state index contributed by atoms with van der Waals surface area (Å²) in [7, 11) is 0. The number of imidazole rings is 1. The highest BCUT2D eigenvalue weighted by Gasteiger charge is 2.14. The molecule has 7 heteroatoms. The standard InChI is InChI=1S/C11H8N4O3/c12-2-1-10(16)15-7-4-9-8(13-5-14-9)3-6(7)11(17)18/h3-5H,1H2,(H,13,14)(H,15,16)(H,17,18). The number of carbonyl (C=O) groups excluding carboxylic acids is 1. The van der Waals surface area contributed by atoms with Crippen molar-refractivity contribution in [1.29, 1.82) is 5.26 Å². The summed E-state index contributed by atoms with van der Waals surface area (Å²) >= 11 is 0. The van der Waals surface area contributed by atoms with E-state index in [-0.39, 0.29) is 17.7 Å². The number of rotatable bonds is 3. The molecule has 0 unspecified atom stereocenters. The Labute approximate surface area is 101 Å². The van der Waals surface area contributed by atoms with E-state index in [2.05, 4.69) is 15.3 Å². The number of hydrogen-bond acceptors (Lipinski definition) is 4. The van der Waals surface area contributed by atoms with E-state index in [1.54, 1.807) is 6.07 Å². The summed E-state index contributed by atoms with van der Waals surface area (Å²) in [5.41, 5.74) is 1.17. The smallest absolute Gasteiger partial charge is 0.337 e. The topological polar surface area (TPSA) is 119 Å². The van der Waals surface area contributed by atoms with Crippen LogP contribution >= 0.6 is 0 Å². The number of carboxylic acid groups (broad SMARTS) is 1. The van der Waals surface area contributed by atoms with Crippen molar-refractivity contribution in [3.05, 3.63) is 24.0 Å². The second-order valence-electron chi connectivity index (χ2n) is 3.51. The number of carbonyl (C=O) groups is 2. The van der Waals surface area contributed by atoms with Gasteiger partial charge in [0.25, 0.3) is 0 Å². The average Bonchev–Trinajstić information content (AvgIpc) is 2.74. The van der Waals surface area contributed by atoms with Crippen LogP contribution in [0.4, 0.5) is 5.69 Å². The summed E-state index contributed by atoms with van der Waals surface area (Å²) in [6, 6.07) is 4.52. The summed E-state index contributed by atoms with van der Waals surface area (Å²) in [5, 5.41) is 19.8. The van der Waals surface area contributed by atoms with Crippen LogP contribution in [0.2, 0.25) is 0 Å². The van der Waals surface area contributed by atoms with Gasteiger partial charge in [-0.2, -0.15) is 5.26 Å². The van der Waals surface area contributed by atoms with Crippen molar-refractivity contribution < 1.29 is 14.7 Å². The molecule has 90 valence electrons. The summed E-state index contributed by atoms with van der Waals surface area (Å²) in [6.45, 7) is 0. The first-order chi connectivity index (χ1) is 8.61. The molecule has 0 aliphatic carbocycles. The van der Waals surface area contributed by atoms with Crippen LogP contribution < -0.4 is 5.32 Å². The fourth-order valence-corrected chi connectivity index (χ4v) is 1.53. The second kappa shape index (κ2) is 4.55. The van der Waals surface area contributed by atoms with Gasteiger partial charge in [-0.3, -0.25) is 4.79 Å². The Kier molecular flexibility index (Phi) is 2.93. The van der Waals surface area contributed by atoms with Crippen LogP contribution in [0.1, 0.15) is 16.8 Å². The van der Waals surface area contributed by atoms with Crippen LogP contribution in [0.5, 0.6) is 0 Å². The zero-order valence-electron chi connectivity index (χ0n) is 9.10. The first-order valence-electron chi connectivity index (χ1n) is 4.99. The number of nitriles is 1. The van der Waals surface area contributed by atoms with Crippen molar-refractivity contribution in [1.82, 2.24) is 9.97 Å². The molecule has 18 heavy (non-hydrogen) atoms. The molecular weight excluding hydrogens is 236 g/mol. The number of aromatic carboxylic acids is 1. The molecule has 0 saturated heterocycles. The molecule has 0 aliphatic heterocycles. The Morgan fingerprint density at radius 3 is 2.94 bits per heavy atom. The fourth-order valence-electron chi connectivity index (χ4n) is 1.53. The van der Waals surface area contributed by atoms with Crippen LogP contribution in [0.3, 0.4) is 0 Å². The Hall–Kier alpha value is -2.88. The lowest BCUT2D eigenvalue weighted by Gasteiger charge is -2.06. The minimum absolute atomic E-state index is 0.0574. The van der Waals surface area contributed by atoms with Crippen molar-refractivity contribution >= 4 is 28.6 Å². The van der Waals surface area contributed by atoms with Gasteiger partial charge in [0.15, 0.2) is 0 Å². The van der Waals surface area contributed by atoms with Crippen molar-refractivity contribution in [2.45, 2.75) is 6.42 Å². The maximum atomic E-state index is 11.3. The number of H-pyrrole nitrogens is 1. The molecule has 0 atom stereocenters. The van der Waals surface area contributed by atoms with Gasteiger partial charge in [0.2, 0.25) is 5.91 Å². The highest BCUT2D eigenvalue weighted by molar-refractivity contribution is 6.04. The molecule has 0 fully saturated rings. The number of nitrogens with zero attached hydrogens (tertiary/aromatic N) is 2. The monoisotopic (exact) mass is 244 g/mol. The number of amides is 1. The maximum absolute atomic E-state index is 11.3. The third kappa shape index (κ3) is 2.12. The lowest BCUT2D eigenvalue weighted by Crippen LogP contribution is -2.13. The molecule has 0 aliphatic rings. The second-order valence-corrected chi connectivity index (χ2v) is 3.51. The molecule has 3 N–H and O–H groups in total. The Balaban J connectivity index is 2.46. The number of fused-ring (bicyclic) bond motifs is 1. The number of nitrogens with one attached hydrogen (secondary N) is 2. The molecule has 0 bridgehead atoms. The third-order valence-electron chi connectivity index (χ3n) is 2.30. The molecule has 1 aromatic carbocycles. The summed E-state index contributed by atoms with van der Waals surface area (Å²) in [4.78, 5) is 29.1. The molecule has 1 amide bonds. The zero-order valence-corrected chi connectivity index (χ0v) is 9.10. The number of hydrogen-bond donors (Lipinski definition) is 3. The van der Waals surface area contributed by atoms with E-state index in [0.29, 0.717) is 11.0 Å². The van der Waals surface area contributed by atoms with Crippen LogP contribution in [-0.4, -0.2) is 27.0 Å². The van der Waals surface area contributed by atoms with Gasteiger partial charge in [0.05, 0.1) is 34.7 Å². The number of benzene rings is 1. The molecule has 7 nitrogen and oxygen atoms in total. The highest BCUT2D eigenvalue weighted by Crippen LogP contribution is 2.22. The van der Waals surface area contributed by atoms with Crippen LogP contribution in [0, 0.1) is 11.3 Å². The number of carboxylic acids is 1. The van der Waals surface area contributed by atoms with Gasteiger partial charge in [0, 0.05) is 0 Å². The van der Waals surface area contributed by atoms with E-state index in [4.69, 9.17) is 10.4 Å².